The minimum Gasteiger partial charge on any atom is -0.457 e. The maximum atomic E-state index is 14.7. The molecule has 3 aromatic carbocycles. The zero-order valence-electron chi connectivity index (χ0n) is 45.5. The number of thioether (sulfide) groups is 1. The third kappa shape index (κ3) is 22.8. The Hall–Kier alpha value is -7.31. The van der Waals surface area contributed by atoms with Gasteiger partial charge in [-0.2, -0.15) is 16.7 Å². The molecule has 0 spiro atoms. The van der Waals surface area contributed by atoms with E-state index in [1.54, 1.807) is 84.7 Å². The number of rotatable bonds is 39. The van der Waals surface area contributed by atoms with E-state index in [1.165, 1.54) is 0 Å². The molecule has 0 bridgehead atoms. The van der Waals surface area contributed by atoms with Crippen molar-refractivity contribution in [1.82, 2.24) is 41.5 Å². The molecular formula is C57H76FN11O10S. The number of unbranched alkanes of at least 4 members (excludes halogenated alkanes) is 1. The number of aromatic nitrogens is 2. The van der Waals surface area contributed by atoms with E-state index in [0.29, 0.717) is 138 Å². The first-order valence-corrected chi connectivity index (χ1v) is 28.2. The average Bonchev–Trinajstić information content (AvgIpc) is 4.04. The maximum Gasteiger partial charge on any atom is 0.315 e. The van der Waals surface area contributed by atoms with Crippen LogP contribution in [0.15, 0.2) is 104 Å². The number of urea groups is 1. The molecule has 8 N–H and O–H groups in total. The van der Waals surface area contributed by atoms with Crippen LogP contribution in [0.4, 0.5) is 38.0 Å². The Kier molecular flexibility index (Phi) is 26.8. The monoisotopic (exact) mass is 1130 g/mol. The first kappa shape index (κ1) is 61.9. The predicted octanol–water partition coefficient (Wildman–Crippen LogP) is 7.17. The Labute approximate surface area is 471 Å². The Morgan fingerprint density at radius 2 is 1.43 bits per heavy atom. The van der Waals surface area contributed by atoms with Gasteiger partial charge >= 0.3 is 6.03 Å². The van der Waals surface area contributed by atoms with Crippen LogP contribution in [0.1, 0.15) is 68.1 Å². The molecule has 80 heavy (non-hydrogen) atoms. The summed E-state index contributed by atoms with van der Waals surface area (Å²) in [7, 11) is 1.69. The van der Waals surface area contributed by atoms with Gasteiger partial charge in [-0.05, 0) is 105 Å². The van der Waals surface area contributed by atoms with Crippen molar-refractivity contribution >= 4 is 70.3 Å². The molecule has 0 unspecified atom stereocenters. The molecule has 2 aliphatic rings. The van der Waals surface area contributed by atoms with Gasteiger partial charge in [-0.3, -0.25) is 19.2 Å². The topological polar surface area (TPSA) is 257 Å². The first-order valence-electron chi connectivity index (χ1n) is 27.1. The van der Waals surface area contributed by atoms with Crippen LogP contribution in [-0.2, 0) is 33.3 Å². The molecule has 23 heteroatoms. The second kappa shape index (κ2) is 34.6. The molecule has 3 atom stereocenters. The number of nitrogens with one attached hydrogen (secondary N) is 8. The van der Waals surface area contributed by atoms with Gasteiger partial charge in [0.2, 0.25) is 23.7 Å². The van der Waals surface area contributed by atoms with E-state index in [2.05, 4.69) is 65.7 Å². The highest BCUT2D eigenvalue weighted by molar-refractivity contribution is 8.00. The minimum atomic E-state index is -0.669. The number of hydrogen-bond donors (Lipinski definition) is 8. The van der Waals surface area contributed by atoms with Crippen molar-refractivity contribution in [2.45, 2.75) is 75.1 Å². The van der Waals surface area contributed by atoms with Gasteiger partial charge in [0.25, 0.3) is 5.91 Å². The van der Waals surface area contributed by atoms with Crippen molar-refractivity contribution in [2.24, 2.45) is 0 Å². The molecule has 2 aliphatic heterocycles. The normalized spacial score (nSPS) is 15.2. The summed E-state index contributed by atoms with van der Waals surface area (Å²) in [5, 5.41) is 24.1. The van der Waals surface area contributed by atoms with E-state index >= 15 is 0 Å². The quantitative estimate of drug-likeness (QED) is 0.0125. The van der Waals surface area contributed by atoms with Crippen LogP contribution in [0.5, 0.6) is 11.5 Å². The van der Waals surface area contributed by atoms with E-state index in [9.17, 15) is 28.4 Å². The number of amides is 6. The fourth-order valence-electron chi connectivity index (χ4n) is 8.36. The van der Waals surface area contributed by atoms with Crippen molar-refractivity contribution in [2.75, 3.05) is 108 Å². The highest BCUT2D eigenvalue weighted by Gasteiger charge is 2.42. The van der Waals surface area contributed by atoms with Gasteiger partial charge < -0.3 is 71.1 Å². The number of ether oxygens (including phenoxy) is 5. The van der Waals surface area contributed by atoms with E-state index < -0.39 is 5.82 Å². The third-order valence-corrected chi connectivity index (χ3v) is 14.1. The fourth-order valence-corrected chi connectivity index (χ4v) is 9.90. The molecule has 0 aliphatic carbocycles. The van der Waals surface area contributed by atoms with E-state index in [4.69, 9.17) is 23.7 Å². The average molecular weight is 1130 g/mol. The second-order valence-corrected chi connectivity index (χ2v) is 20.2. The Bertz CT molecular complexity index is 2640. The van der Waals surface area contributed by atoms with Crippen LogP contribution in [0.3, 0.4) is 0 Å². The largest absolute Gasteiger partial charge is 0.457 e. The lowest BCUT2D eigenvalue weighted by molar-refractivity contribution is -0.122. The third-order valence-electron chi connectivity index (χ3n) is 12.6. The summed E-state index contributed by atoms with van der Waals surface area (Å²) in [4.78, 5) is 70.8. The van der Waals surface area contributed by atoms with Crippen LogP contribution in [0.25, 0.3) is 0 Å². The number of carbonyl (C=O) groups is 5. The van der Waals surface area contributed by atoms with Crippen molar-refractivity contribution in [3.05, 3.63) is 115 Å². The number of likely N-dealkylation sites (N-methyl/N-ethyl adjacent to an activating group) is 1. The fraction of sp³-hybridized carbons (Fsp3) is 0.456. The summed E-state index contributed by atoms with van der Waals surface area (Å²) in [5.41, 5.74) is 2.92. The highest BCUT2D eigenvalue weighted by Crippen LogP contribution is 2.33. The molecule has 1 aromatic heterocycles. The lowest BCUT2D eigenvalue weighted by atomic mass is 10.0. The van der Waals surface area contributed by atoms with Crippen LogP contribution in [0.2, 0.25) is 0 Å². The SMILES string of the molecule is C=CC(=O)Nc1cccc(Nc2nc(Nc3ccc(Oc4cccc(C(=O)N(C)CCOCCNC(=O)CCCC(=C)NCCCOCCOCCOCCCNC(=O)CCCC[C@@H]5SC[C@@H]6NC(=O)N[C@@H]65)c4)cc3)ncc2F)c1. The summed E-state index contributed by atoms with van der Waals surface area (Å²) >= 11 is 1.90. The van der Waals surface area contributed by atoms with Crippen LogP contribution in [0, 0.1) is 5.82 Å². The lowest BCUT2D eigenvalue weighted by Gasteiger charge is -2.18. The van der Waals surface area contributed by atoms with Crippen molar-refractivity contribution in [3.63, 3.8) is 0 Å². The summed E-state index contributed by atoms with van der Waals surface area (Å²) < 4.78 is 43.2. The molecule has 21 nitrogen and oxygen atoms in total. The summed E-state index contributed by atoms with van der Waals surface area (Å²) in [6.45, 7) is 13.2. The summed E-state index contributed by atoms with van der Waals surface area (Å²) in [5.74, 6) is 0.754. The Morgan fingerprint density at radius 1 is 0.738 bits per heavy atom. The van der Waals surface area contributed by atoms with Gasteiger partial charge in [-0.25, -0.2) is 14.2 Å². The summed E-state index contributed by atoms with van der Waals surface area (Å²) in [6, 6.07) is 20.9. The van der Waals surface area contributed by atoms with Gasteiger partial charge in [-0.1, -0.05) is 31.7 Å². The minimum absolute atomic E-state index is 0.0652. The zero-order chi connectivity index (χ0) is 56.7. The van der Waals surface area contributed by atoms with Gasteiger partial charge in [0, 0.05) is 98.6 Å². The number of benzene rings is 3. The Morgan fingerprint density at radius 3 is 2.19 bits per heavy atom. The van der Waals surface area contributed by atoms with E-state index in [1.807, 2.05) is 11.8 Å². The van der Waals surface area contributed by atoms with Gasteiger partial charge in [0.1, 0.15) is 11.5 Å². The van der Waals surface area contributed by atoms with Crippen LogP contribution < -0.4 is 47.3 Å². The van der Waals surface area contributed by atoms with Crippen molar-refractivity contribution in [3.8, 4) is 11.5 Å². The standard InChI is InChI=1S/C57H76FN11O10S/c1-4-50(70)63-43-14-9-15-44(37-43)64-54-47(58)38-62-56(68-54)65-42-20-22-45(23-21-42)79-46-16-8-13-41(36-46)55(73)69(3)27-31-77-30-26-61-52(72)19-7-12-40(2)59-24-10-28-75-32-34-78-35-33-76-29-11-25-60-51(71)18-6-5-17-49-53-48(39-80-49)66-57(74)67-53/h4,8-9,13-16,20-23,36-38,48-49,53,59H,1-2,5-7,10-12,17-19,24-35,39H2,3H3,(H,60,71)(H,61,72)(H,63,70)(H2,66,67,74)(H2,62,64,65,68)/t48-,49-,53-/m0/s1. The number of fused-ring (bicyclic) bond motifs is 1. The van der Waals surface area contributed by atoms with Gasteiger partial charge in [-0.15, -0.1) is 0 Å². The molecule has 0 radical (unpaired) electrons. The highest BCUT2D eigenvalue weighted by atomic mass is 32.2. The van der Waals surface area contributed by atoms with Gasteiger partial charge in [0.15, 0.2) is 11.6 Å². The second-order valence-electron chi connectivity index (χ2n) is 18.9. The number of halogens is 1. The van der Waals surface area contributed by atoms with Crippen LogP contribution >= 0.6 is 11.8 Å². The predicted molar refractivity (Wildman–Crippen MR) is 307 cm³/mol. The smallest absolute Gasteiger partial charge is 0.315 e. The number of allylic oxidation sites excluding steroid dienone is 1. The Balaban J connectivity index is 0.704. The molecule has 432 valence electrons. The summed E-state index contributed by atoms with van der Waals surface area (Å²) in [6.07, 6.45) is 8.79. The molecule has 6 amide bonds. The van der Waals surface area contributed by atoms with E-state index in [-0.39, 0.29) is 53.5 Å². The van der Waals surface area contributed by atoms with Crippen LogP contribution in [-0.4, -0.2) is 154 Å². The molecule has 4 aromatic rings. The van der Waals surface area contributed by atoms with Crippen molar-refractivity contribution < 1.29 is 52.0 Å². The maximum absolute atomic E-state index is 14.7. The van der Waals surface area contributed by atoms with E-state index in [0.717, 1.165) is 62.4 Å². The molecular weight excluding hydrogens is 1050 g/mol. The molecule has 3 heterocycles. The first-order chi connectivity index (χ1) is 38.9. The van der Waals surface area contributed by atoms with Crippen molar-refractivity contribution in [1.29, 1.82) is 0 Å². The number of carbonyl (C=O) groups excluding carboxylic acids is 5. The molecule has 6 rings (SSSR count). The number of anilines is 5. The zero-order valence-corrected chi connectivity index (χ0v) is 46.3. The lowest BCUT2D eigenvalue weighted by Crippen LogP contribution is -2.36. The number of nitrogens with zero attached hydrogens (tertiary/aromatic N) is 3. The van der Waals surface area contributed by atoms with Gasteiger partial charge in [0.05, 0.1) is 57.9 Å². The number of hydrogen-bond acceptors (Lipinski definition) is 16. The molecule has 2 fully saturated rings. The molecule has 0 saturated carbocycles. The molecule has 2 saturated heterocycles.